The molecular formula is C23H36N6O. The number of rotatable bonds is 7. The van der Waals surface area contributed by atoms with E-state index in [1.165, 1.54) is 11.1 Å². The van der Waals surface area contributed by atoms with Gasteiger partial charge in [0.1, 0.15) is 12.4 Å². The number of nitrogens with zero attached hydrogens (tertiary/aromatic N) is 4. The molecule has 0 aliphatic carbocycles. The number of guanidine groups is 1. The number of aryl methyl sites for hydroxylation is 1. The zero-order chi connectivity index (χ0) is 21.6. The molecule has 1 fully saturated rings. The van der Waals surface area contributed by atoms with Crippen LogP contribution in [0.4, 0.5) is 0 Å². The molecule has 0 bridgehead atoms. The van der Waals surface area contributed by atoms with Crippen LogP contribution < -0.4 is 10.6 Å². The second kappa shape index (κ2) is 10.1. The quantitative estimate of drug-likeness (QED) is 0.540. The van der Waals surface area contributed by atoms with Crippen LogP contribution in [-0.4, -0.2) is 46.5 Å². The predicted molar refractivity (Wildman–Crippen MR) is 121 cm³/mol. The molecule has 1 aliphatic heterocycles. The number of aromatic nitrogens is 3. The summed E-state index contributed by atoms with van der Waals surface area (Å²) in [5, 5.41) is 15.2. The van der Waals surface area contributed by atoms with Crippen molar-refractivity contribution < 1.29 is 4.74 Å². The minimum atomic E-state index is 0.182. The van der Waals surface area contributed by atoms with E-state index in [-0.39, 0.29) is 11.5 Å². The van der Waals surface area contributed by atoms with Crippen molar-refractivity contribution in [3.63, 3.8) is 0 Å². The molecule has 0 amide bonds. The van der Waals surface area contributed by atoms with Crippen molar-refractivity contribution in [2.75, 3.05) is 19.7 Å². The van der Waals surface area contributed by atoms with E-state index < -0.39 is 0 Å². The lowest BCUT2D eigenvalue weighted by Crippen LogP contribution is -2.42. The minimum Gasteiger partial charge on any atom is -0.376 e. The van der Waals surface area contributed by atoms with Gasteiger partial charge >= 0.3 is 0 Å². The highest BCUT2D eigenvalue weighted by Gasteiger charge is 2.16. The van der Waals surface area contributed by atoms with Gasteiger partial charge in [0.15, 0.2) is 11.8 Å². The van der Waals surface area contributed by atoms with Gasteiger partial charge in [0.2, 0.25) is 0 Å². The van der Waals surface area contributed by atoms with Crippen molar-refractivity contribution >= 4 is 5.96 Å². The summed E-state index contributed by atoms with van der Waals surface area (Å²) in [6.07, 6.45) is 3.44. The second-order valence-electron chi connectivity index (χ2n) is 9.03. The van der Waals surface area contributed by atoms with E-state index in [0.29, 0.717) is 6.54 Å². The van der Waals surface area contributed by atoms with Gasteiger partial charge in [-0.15, -0.1) is 10.2 Å². The SMILES string of the molecule is Cc1nnc(CN=C(NCCc2ccc(C(C)(C)C)cc2)NCC2CCCO2)n1C. The summed E-state index contributed by atoms with van der Waals surface area (Å²) in [4.78, 5) is 4.72. The fourth-order valence-corrected chi connectivity index (χ4v) is 3.43. The smallest absolute Gasteiger partial charge is 0.191 e. The first-order valence-corrected chi connectivity index (χ1v) is 10.9. The summed E-state index contributed by atoms with van der Waals surface area (Å²) < 4.78 is 7.70. The normalized spacial score (nSPS) is 17.4. The van der Waals surface area contributed by atoms with E-state index in [1.807, 2.05) is 18.5 Å². The lowest BCUT2D eigenvalue weighted by Gasteiger charge is -2.19. The van der Waals surface area contributed by atoms with Gasteiger partial charge < -0.3 is 19.9 Å². The van der Waals surface area contributed by atoms with Crippen LogP contribution in [0.15, 0.2) is 29.3 Å². The van der Waals surface area contributed by atoms with Crippen molar-refractivity contribution in [2.24, 2.45) is 12.0 Å². The van der Waals surface area contributed by atoms with Gasteiger partial charge in [0.05, 0.1) is 6.10 Å². The maximum absolute atomic E-state index is 5.73. The Labute approximate surface area is 180 Å². The van der Waals surface area contributed by atoms with E-state index >= 15 is 0 Å². The molecule has 164 valence electrons. The number of ether oxygens (including phenoxy) is 1. The Morgan fingerprint density at radius 3 is 2.57 bits per heavy atom. The molecule has 1 atom stereocenters. The molecule has 7 heteroatoms. The number of hydrogen-bond donors (Lipinski definition) is 2. The van der Waals surface area contributed by atoms with Gasteiger partial charge in [-0.05, 0) is 42.7 Å². The van der Waals surface area contributed by atoms with E-state index in [2.05, 4.69) is 65.9 Å². The van der Waals surface area contributed by atoms with E-state index in [0.717, 1.165) is 56.6 Å². The van der Waals surface area contributed by atoms with Crippen molar-refractivity contribution in [2.45, 2.75) is 65.0 Å². The molecule has 0 spiro atoms. The Balaban J connectivity index is 1.56. The minimum absolute atomic E-state index is 0.182. The lowest BCUT2D eigenvalue weighted by atomic mass is 9.86. The van der Waals surface area contributed by atoms with Crippen LogP contribution >= 0.6 is 0 Å². The zero-order valence-electron chi connectivity index (χ0n) is 19.0. The summed E-state index contributed by atoms with van der Waals surface area (Å²) in [6, 6.07) is 8.91. The average molecular weight is 413 g/mol. The molecule has 1 aliphatic rings. The maximum atomic E-state index is 5.73. The summed E-state index contributed by atoms with van der Waals surface area (Å²) >= 11 is 0. The van der Waals surface area contributed by atoms with Gasteiger partial charge in [0.25, 0.3) is 0 Å². The molecule has 1 saturated heterocycles. The van der Waals surface area contributed by atoms with Crippen LogP contribution in [0.25, 0.3) is 0 Å². The van der Waals surface area contributed by atoms with Crippen LogP contribution in [0.3, 0.4) is 0 Å². The third-order valence-electron chi connectivity index (χ3n) is 5.61. The Morgan fingerprint density at radius 2 is 1.97 bits per heavy atom. The predicted octanol–water partition coefficient (Wildman–Crippen LogP) is 2.88. The highest BCUT2D eigenvalue weighted by Crippen LogP contribution is 2.22. The third-order valence-corrected chi connectivity index (χ3v) is 5.61. The number of nitrogens with one attached hydrogen (secondary N) is 2. The first-order valence-electron chi connectivity index (χ1n) is 10.9. The summed E-state index contributed by atoms with van der Waals surface area (Å²) in [5.74, 6) is 2.53. The van der Waals surface area contributed by atoms with Crippen LogP contribution in [0.5, 0.6) is 0 Å². The van der Waals surface area contributed by atoms with Crippen LogP contribution in [0.1, 0.15) is 56.4 Å². The molecular weight excluding hydrogens is 376 g/mol. The molecule has 0 saturated carbocycles. The van der Waals surface area contributed by atoms with Gasteiger partial charge in [0, 0.05) is 26.7 Å². The van der Waals surface area contributed by atoms with Crippen molar-refractivity contribution in [3.8, 4) is 0 Å². The number of benzene rings is 1. The standard InChI is InChI=1S/C23H36N6O/c1-17-27-28-21(29(17)5)16-26-22(25-15-20-7-6-14-30-20)24-13-12-18-8-10-19(11-9-18)23(2,3)4/h8-11,20H,6-7,12-16H2,1-5H3,(H2,24,25,26). The number of hydrogen-bond acceptors (Lipinski definition) is 4. The number of aliphatic imine (C=N–C) groups is 1. The van der Waals surface area contributed by atoms with Crippen molar-refractivity contribution in [1.29, 1.82) is 0 Å². The topological polar surface area (TPSA) is 76.4 Å². The van der Waals surface area contributed by atoms with E-state index in [9.17, 15) is 0 Å². The summed E-state index contributed by atoms with van der Waals surface area (Å²) in [7, 11) is 1.97. The molecule has 7 nitrogen and oxygen atoms in total. The summed E-state index contributed by atoms with van der Waals surface area (Å²) in [6.45, 7) is 11.6. The Hall–Kier alpha value is -2.41. The largest absolute Gasteiger partial charge is 0.376 e. The fraction of sp³-hybridized carbons (Fsp3) is 0.609. The van der Waals surface area contributed by atoms with Crippen molar-refractivity contribution in [1.82, 2.24) is 25.4 Å². The maximum Gasteiger partial charge on any atom is 0.191 e. The van der Waals surface area contributed by atoms with Crippen molar-refractivity contribution in [3.05, 3.63) is 47.0 Å². The van der Waals surface area contributed by atoms with Gasteiger partial charge in [-0.25, -0.2) is 4.99 Å². The van der Waals surface area contributed by atoms with Crippen LogP contribution in [0, 0.1) is 6.92 Å². The Bertz CT molecular complexity index is 828. The molecule has 2 heterocycles. The first-order chi connectivity index (χ1) is 14.3. The highest BCUT2D eigenvalue weighted by molar-refractivity contribution is 5.79. The lowest BCUT2D eigenvalue weighted by molar-refractivity contribution is 0.114. The molecule has 3 rings (SSSR count). The summed E-state index contributed by atoms with van der Waals surface area (Å²) in [5.41, 5.74) is 2.86. The molecule has 2 aromatic rings. The Kier molecular flexibility index (Phi) is 7.48. The molecule has 30 heavy (non-hydrogen) atoms. The van der Waals surface area contributed by atoms with E-state index in [1.54, 1.807) is 0 Å². The Morgan fingerprint density at radius 1 is 1.20 bits per heavy atom. The van der Waals surface area contributed by atoms with Crippen LogP contribution in [0.2, 0.25) is 0 Å². The first kappa shape index (κ1) is 22.3. The zero-order valence-corrected chi connectivity index (χ0v) is 19.0. The van der Waals surface area contributed by atoms with Gasteiger partial charge in [-0.1, -0.05) is 45.0 Å². The van der Waals surface area contributed by atoms with Gasteiger partial charge in [-0.3, -0.25) is 0 Å². The second-order valence-corrected chi connectivity index (χ2v) is 9.03. The molecule has 2 N–H and O–H groups in total. The van der Waals surface area contributed by atoms with Gasteiger partial charge in [-0.2, -0.15) is 0 Å². The van der Waals surface area contributed by atoms with Crippen LogP contribution in [-0.2, 0) is 30.2 Å². The average Bonchev–Trinajstić information content (AvgIpc) is 3.34. The highest BCUT2D eigenvalue weighted by atomic mass is 16.5. The third kappa shape index (κ3) is 6.29. The molecule has 0 radical (unpaired) electrons. The molecule has 1 aromatic heterocycles. The monoisotopic (exact) mass is 412 g/mol. The van der Waals surface area contributed by atoms with E-state index in [4.69, 9.17) is 9.73 Å². The fourth-order valence-electron chi connectivity index (χ4n) is 3.43. The molecule has 1 aromatic carbocycles. The molecule has 1 unspecified atom stereocenters.